The fourth-order valence-electron chi connectivity index (χ4n) is 2.30. The summed E-state index contributed by atoms with van der Waals surface area (Å²) in [6, 6.07) is 12.9. The molecule has 132 valence electrons. The predicted molar refractivity (Wildman–Crippen MR) is 100 cm³/mol. The molecule has 0 aliphatic heterocycles. The molecule has 0 saturated heterocycles. The van der Waals surface area contributed by atoms with Crippen molar-refractivity contribution in [3.05, 3.63) is 64.8 Å². The maximum atomic E-state index is 12.3. The number of esters is 1. The number of thiazole rings is 1. The molecule has 0 radical (unpaired) electrons. The van der Waals surface area contributed by atoms with Gasteiger partial charge < -0.3 is 10.1 Å². The van der Waals surface area contributed by atoms with Crippen molar-refractivity contribution in [2.24, 2.45) is 0 Å². The first-order valence-corrected chi connectivity index (χ1v) is 8.77. The van der Waals surface area contributed by atoms with E-state index in [0.29, 0.717) is 27.0 Å². The molecule has 3 rings (SSSR count). The van der Waals surface area contributed by atoms with E-state index in [2.05, 4.69) is 15.3 Å². The molecular formula is C19H17N3O3S. The maximum absolute atomic E-state index is 12.3. The zero-order chi connectivity index (χ0) is 18.5. The highest BCUT2D eigenvalue weighted by molar-refractivity contribution is 7.17. The zero-order valence-corrected chi connectivity index (χ0v) is 15.2. The van der Waals surface area contributed by atoms with E-state index in [-0.39, 0.29) is 6.61 Å². The molecule has 0 aliphatic rings. The van der Waals surface area contributed by atoms with Gasteiger partial charge in [-0.3, -0.25) is 9.78 Å². The van der Waals surface area contributed by atoms with Crippen LogP contribution in [0, 0.1) is 13.8 Å². The molecule has 3 aromatic rings. The van der Waals surface area contributed by atoms with Crippen molar-refractivity contribution < 1.29 is 14.3 Å². The molecule has 2 aromatic heterocycles. The Morgan fingerprint density at radius 3 is 2.73 bits per heavy atom. The van der Waals surface area contributed by atoms with Gasteiger partial charge in [0.2, 0.25) is 0 Å². The molecule has 0 saturated carbocycles. The Morgan fingerprint density at radius 2 is 2.00 bits per heavy atom. The molecule has 0 fully saturated rings. The van der Waals surface area contributed by atoms with Crippen LogP contribution < -0.4 is 5.32 Å². The molecule has 1 amide bonds. The van der Waals surface area contributed by atoms with E-state index in [1.807, 2.05) is 43.3 Å². The van der Waals surface area contributed by atoms with Crippen molar-refractivity contribution in [2.75, 3.05) is 11.9 Å². The molecule has 7 heteroatoms. The number of benzene rings is 1. The normalized spacial score (nSPS) is 10.4. The molecule has 0 unspecified atom stereocenters. The van der Waals surface area contributed by atoms with Crippen LogP contribution in [0.2, 0.25) is 0 Å². The largest absolute Gasteiger partial charge is 0.451 e. The van der Waals surface area contributed by atoms with E-state index in [9.17, 15) is 9.59 Å². The minimum Gasteiger partial charge on any atom is -0.451 e. The molecule has 26 heavy (non-hydrogen) atoms. The highest BCUT2D eigenvalue weighted by Gasteiger charge is 2.19. The first kappa shape index (κ1) is 17.8. The summed E-state index contributed by atoms with van der Waals surface area (Å²) in [6.45, 7) is 3.30. The number of rotatable bonds is 5. The Balaban J connectivity index is 1.61. The van der Waals surface area contributed by atoms with Gasteiger partial charge >= 0.3 is 5.97 Å². The van der Waals surface area contributed by atoms with Gasteiger partial charge in [0.05, 0.1) is 11.4 Å². The fourth-order valence-corrected chi connectivity index (χ4v) is 3.24. The first-order valence-electron chi connectivity index (χ1n) is 7.95. The molecule has 2 heterocycles. The minimum absolute atomic E-state index is 0.358. The smallest absolute Gasteiger partial charge is 0.350 e. The Kier molecular flexibility index (Phi) is 5.38. The number of hydrogen-bond acceptors (Lipinski definition) is 6. The van der Waals surface area contributed by atoms with Gasteiger partial charge in [-0.2, -0.15) is 0 Å². The molecule has 0 atom stereocenters. The zero-order valence-electron chi connectivity index (χ0n) is 14.4. The van der Waals surface area contributed by atoms with Gasteiger partial charge in [0, 0.05) is 11.9 Å². The van der Waals surface area contributed by atoms with Gasteiger partial charge in [-0.1, -0.05) is 18.2 Å². The van der Waals surface area contributed by atoms with E-state index < -0.39 is 11.9 Å². The lowest BCUT2D eigenvalue weighted by molar-refractivity contribution is -0.119. The van der Waals surface area contributed by atoms with Gasteiger partial charge in [0.15, 0.2) is 6.61 Å². The lowest BCUT2D eigenvalue weighted by atomic mass is 10.2. The van der Waals surface area contributed by atoms with Crippen LogP contribution in [0.3, 0.4) is 0 Å². The number of hydrogen-bond donors (Lipinski definition) is 1. The second-order valence-corrected chi connectivity index (χ2v) is 6.64. The molecule has 0 bridgehead atoms. The lowest BCUT2D eigenvalue weighted by Gasteiger charge is -2.06. The second-order valence-electron chi connectivity index (χ2n) is 5.64. The van der Waals surface area contributed by atoms with Gasteiger partial charge in [0.25, 0.3) is 5.91 Å². The number of nitrogens with zero attached hydrogens (tertiary/aromatic N) is 2. The first-order chi connectivity index (χ1) is 12.5. The Labute approximate surface area is 154 Å². The van der Waals surface area contributed by atoms with Crippen molar-refractivity contribution in [3.63, 3.8) is 0 Å². The molecular weight excluding hydrogens is 350 g/mol. The third-order valence-electron chi connectivity index (χ3n) is 3.50. The summed E-state index contributed by atoms with van der Waals surface area (Å²) in [7, 11) is 0. The molecule has 1 aromatic carbocycles. The summed E-state index contributed by atoms with van der Waals surface area (Å²) < 4.78 is 5.12. The van der Waals surface area contributed by atoms with Crippen LogP contribution in [0.25, 0.3) is 10.7 Å². The lowest BCUT2D eigenvalue weighted by Crippen LogP contribution is -2.20. The average Bonchev–Trinajstić information content (AvgIpc) is 3.02. The Bertz CT molecular complexity index is 938. The molecule has 0 aliphatic carbocycles. The van der Waals surface area contributed by atoms with E-state index in [4.69, 9.17) is 4.74 Å². The number of aryl methyl sites for hydroxylation is 2. The van der Waals surface area contributed by atoms with Crippen molar-refractivity contribution in [1.82, 2.24) is 9.97 Å². The number of pyridine rings is 1. The van der Waals surface area contributed by atoms with Crippen LogP contribution in [0.5, 0.6) is 0 Å². The van der Waals surface area contributed by atoms with Crippen LogP contribution in [-0.2, 0) is 9.53 Å². The maximum Gasteiger partial charge on any atom is 0.350 e. The van der Waals surface area contributed by atoms with E-state index >= 15 is 0 Å². The summed E-state index contributed by atoms with van der Waals surface area (Å²) in [5.74, 6) is -0.961. The minimum atomic E-state index is -0.568. The van der Waals surface area contributed by atoms with Crippen LogP contribution in [0.1, 0.15) is 20.9 Å². The van der Waals surface area contributed by atoms with E-state index in [1.165, 1.54) is 11.3 Å². The monoisotopic (exact) mass is 367 g/mol. The highest BCUT2D eigenvalue weighted by Crippen LogP contribution is 2.26. The molecule has 1 N–H and O–H groups in total. The Hall–Kier alpha value is -3.06. The SMILES string of the molecule is Cc1cccc(NC(=O)COC(=O)c2sc(-c3ccccn3)nc2C)c1. The summed E-state index contributed by atoms with van der Waals surface area (Å²) in [5.41, 5.74) is 2.94. The second kappa shape index (κ2) is 7.88. The van der Waals surface area contributed by atoms with Crippen LogP contribution in [0.4, 0.5) is 5.69 Å². The van der Waals surface area contributed by atoms with Crippen LogP contribution in [0.15, 0.2) is 48.7 Å². The van der Waals surface area contributed by atoms with Gasteiger partial charge in [-0.05, 0) is 43.7 Å². The van der Waals surface area contributed by atoms with Crippen LogP contribution in [-0.4, -0.2) is 28.5 Å². The van der Waals surface area contributed by atoms with Crippen molar-refractivity contribution in [1.29, 1.82) is 0 Å². The summed E-state index contributed by atoms with van der Waals surface area (Å²) >= 11 is 1.20. The molecule has 0 spiro atoms. The van der Waals surface area contributed by atoms with E-state index in [1.54, 1.807) is 19.2 Å². The van der Waals surface area contributed by atoms with Gasteiger partial charge in [0.1, 0.15) is 9.88 Å². The number of carbonyl (C=O) groups is 2. The number of ether oxygens (including phenoxy) is 1. The molecule has 6 nitrogen and oxygen atoms in total. The van der Waals surface area contributed by atoms with Gasteiger partial charge in [-0.15, -0.1) is 11.3 Å². The number of nitrogens with one attached hydrogen (secondary N) is 1. The summed E-state index contributed by atoms with van der Waals surface area (Å²) in [4.78, 5) is 33.2. The standard InChI is InChI=1S/C19H17N3O3S/c1-12-6-5-7-14(10-12)22-16(23)11-25-19(24)17-13(2)21-18(26-17)15-8-3-4-9-20-15/h3-10H,11H2,1-2H3,(H,22,23). The number of aromatic nitrogens is 2. The van der Waals surface area contributed by atoms with Crippen molar-refractivity contribution >= 4 is 28.9 Å². The number of amides is 1. The predicted octanol–water partition coefficient (Wildman–Crippen LogP) is 3.62. The Morgan fingerprint density at radius 1 is 1.15 bits per heavy atom. The van der Waals surface area contributed by atoms with Crippen molar-refractivity contribution in [3.8, 4) is 10.7 Å². The van der Waals surface area contributed by atoms with Crippen LogP contribution >= 0.6 is 11.3 Å². The van der Waals surface area contributed by atoms with E-state index in [0.717, 1.165) is 5.56 Å². The average molecular weight is 367 g/mol. The third-order valence-corrected chi connectivity index (χ3v) is 4.66. The third kappa shape index (κ3) is 4.31. The fraction of sp³-hybridized carbons (Fsp3) is 0.158. The van der Waals surface area contributed by atoms with Crippen molar-refractivity contribution in [2.45, 2.75) is 13.8 Å². The quantitative estimate of drug-likeness (QED) is 0.697. The topological polar surface area (TPSA) is 81.2 Å². The van der Waals surface area contributed by atoms with Gasteiger partial charge in [-0.25, -0.2) is 9.78 Å². The summed E-state index contributed by atoms with van der Waals surface area (Å²) in [6.07, 6.45) is 1.67. The number of carbonyl (C=O) groups excluding carboxylic acids is 2. The summed E-state index contributed by atoms with van der Waals surface area (Å²) in [5, 5.41) is 3.34. The highest BCUT2D eigenvalue weighted by atomic mass is 32.1. The number of anilines is 1.